The molecule has 3 rings (SSSR count). The van der Waals surface area contributed by atoms with Gasteiger partial charge in [0.2, 0.25) is 0 Å². The standard InChI is InChI=1S/C24H34O4SSi/c1-17-21(25)22(26)20(28-23(17)29-5)16-27-30(24(2,3)4,18-12-8-6-9-13-18)19-14-10-7-11-15-19/h6-15,17,20-23,25-26H,16H2,1-5H3/t17-,20?,21-,22+,23?/m1/s1. The fourth-order valence-corrected chi connectivity index (χ4v) is 9.86. The highest BCUT2D eigenvalue weighted by Gasteiger charge is 2.51. The van der Waals surface area contributed by atoms with E-state index in [1.165, 1.54) is 10.4 Å². The molecule has 164 valence electrons. The van der Waals surface area contributed by atoms with Crippen molar-refractivity contribution in [3.63, 3.8) is 0 Å². The summed E-state index contributed by atoms with van der Waals surface area (Å²) in [5.41, 5.74) is -0.170. The van der Waals surface area contributed by atoms with Crippen molar-refractivity contribution in [2.75, 3.05) is 12.9 Å². The molecule has 0 radical (unpaired) electrons. The zero-order chi connectivity index (χ0) is 21.9. The van der Waals surface area contributed by atoms with E-state index < -0.39 is 26.6 Å². The largest absolute Gasteiger partial charge is 0.405 e. The molecule has 0 aromatic heterocycles. The van der Waals surface area contributed by atoms with Crippen molar-refractivity contribution in [2.24, 2.45) is 5.92 Å². The van der Waals surface area contributed by atoms with Gasteiger partial charge in [0.1, 0.15) is 17.6 Å². The molecule has 1 heterocycles. The van der Waals surface area contributed by atoms with Crippen LogP contribution in [-0.4, -0.2) is 55.1 Å². The molecule has 0 amide bonds. The second-order valence-electron chi connectivity index (χ2n) is 9.09. The van der Waals surface area contributed by atoms with Gasteiger partial charge in [-0.2, -0.15) is 0 Å². The zero-order valence-electron chi connectivity index (χ0n) is 18.5. The van der Waals surface area contributed by atoms with Crippen LogP contribution in [0.15, 0.2) is 60.7 Å². The van der Waals surface area contributed by atoms with Crippen molar-refractivity contribution in [3.8, 4) is 0 Å². The molecule has 4 nitrogen and oxygen atoms in total. The second-order valence-corrected chi connectivity index (χ2v) is 14.3. The first-order valence-electron chi connectivity index (χ1n) is 10.5. The van der Waals surface area contributed by atoms with E-state index in [9.17, 15) is 10.2 Å². The Bertz CT molecular complexity index is 754. The Labute approximate surface area is 185 Å². The topological polar surface area (TPSA) is 58.9 Å². The third kappa shape index (κ3) is 4.40. The predicted molar refractivity (Wildman–Crippen MR) is 127 cm³/mol. The van der Waals surface area contributed by atoms with Gasteiger partial charge in [-0.05, 0) is 21.7 Å². The second kappa shape index (κ2) is 9.55. The fourth-order valence-electron chi connectivity index (χ4n) is 4.45. The summed E-state index contributed by atoms with van der Waals surface area (Å²) < 4.78 is 13.0. The number of rotatable bonds is 6. The van der Waals surface area contributed by atoms with E-state index in [2.05, 4.69) is 69.3 Å². The number of benzene rings is 2. The van der Waals surface area contributed by atoms with E-state index in [1.54, 1.807) is 11.8 Å². The van der Waals surface area contributed by atoms with Gasteiger partial charge in [0, 0.05) is 5.92 Å². The molecule has 0 spiro atoms. The Morgan fingerprint density at radius 1 is 0.933 bits per heavy atom. The Kier molecular flexibility index (Phi) is 7.48. The summed E-state index contributed by atoms with van der Waals surface area (Å²) >= 11 is 1.56. The number of hydrogen-bond donors (Lipinski definition) is 2. The van der Waals surface area contributed by atoms with Crippen LogP contribution in [0.2, 0.25) is 5.04 Å². The molecule has 1 saturated heterocycles. The minimum absolute atomic E-state index is 0.140. The maximum absolute atomic E-state index is 10.7. The number of thioether (sulfide) groups is 1. The smallest absolute Gasteiger partial charge is 0.261 e. The maximum Gasteiger partial charge on any atom is 0.261 e. The van der Waals surface area contributed by atoms with Gasteiger partial charge in [-0.15, -0.1) is 11.8 Å². The van der Waals surface area contributed by atoms with Crippen LogP contribution in [0.5, 0.6) is 0 Å². The minimum atomic E-state index is -2.71. The molecule has 0 saturated carbocycles. The van der Waals surface area contributed by atoms with Gasteiger partial charge in [-0.25, -0.2) is 0 Å². The molecular weight excluding hydrogens is 412 g/mol. The van der Waals surface area contributed by atoms with E-state index in [0.29, 0.717) is 0 Å². The minimum Gasteiger partial charge on any atom is -0.405 e. The molecule has 2 aromatic rings. The van der Waals surface area contributed by atoms with Crippen LogP contribution in [0.1, 0.15) is 27.7 Å². The van der Waals surface area contributed by atoms with E-state index in [-0.39, 0.29) is 23.0 Å². The van der Waals surface area contributed by atoms with Crippen molar-refractivity contribution in [3.05, 3.63) is 60.7 Å². The quantitative estimate of drug-likeness (QED) is 0.668. The molecule has 2 aromatic carbocycles. The average molecular weight is 447 g/mol. The van der Waals surface area contributed by atoms with E-state index in [1.807, 2.05) is 25.3 Å². The fraction of sp³-hybridized carbons (Fsp3) is 0.500. The highest BCUT2D eigenvalue weighted by Crippen LogP contribution is 2.38. The summed E-state index contributed by atoms with van der Waals surface area (Å²) in [5, 5.41) is 23.5. The van der Waals surface area contributed by atoms with Crippen LogP contribution in [0.25, 0.3) is 0 Å². The summed E-state index contributed by atoms with van der Waals surface area (Å²) in [7, 11) is -2.71. The molecule has 0 bridgehead atoms. The van der Waals surface area contributed by atoms with Crippen LogP contribution in [0.4, 0.5) is 0 Å². The Balaban J connectivity index is 2.00. The predicted octanol–water partition coefficient (Wildman–Crippen LogP) is 3.01. The number of aliphatic hydroxyl groups is 2. The molecular formula is C24H34O4SSi. The SMILES string of the molecule is CSC1OC(CO[Si](c2ccccc2)(c2ccccc2)C(C)(C)C)[C@H](O)[C@H](O)[C@H]1C. The first-order chi connectivity index (χ1) is 14.2. The van der Waals surface area contributed by atoms with E-state index in [4.69, 9.17) is 9.16 Å². The van der Waals surface area contributed by atoms with Crippen molar-refractivity contribution in [1.82, 2.24) is 0 Å². The van der Waals surface area contributed by atoms with Gasteiger partial charge >= 0.3 is 0 Å². The summed E-state index contributed by atoms with van der Waals surface area (Å²) in [4.78, 5) is 0. The normalized spacial score (nSPS) is 27.8. The molecule has 2 N–H and O–H groups in total. The molecule has 1 aliphatic rings. The maximum atomic E-state index is 10.7. The number of ether oxygens (including phenoxy) is 1. The Morgan fingerprint density at radius 2 is 1.43 bits per heavy atom. The molecule has 6 heteroatoms. The summed E-state index contributed by atoms with van der Waals surface area (Å²) in [6, 6.07) is 20.8. The van der Waals surface area contributed by atoms with Gasteiger partial charge in [0.15, 0.2) is 0 Å². The van der Waals surface area contributed by atoms with Gasteiger partial charge < -0.3 is 19.4 Å². The first kappa shape index (κ1) is 23.5. The van der Waals surface area contributed by atoms with E-state index in [0.717, 1.165) is 0 Å². The highest BCUT2D eigenvalue weighted by molar-refractivity contribution is 7.99. The lowest BCUT2D eigenvalue weighted by Crippen LogP contribution is -2.68. The van der Waals surface area contributed by atoms with Crippen LogP contribution in [0, 0.1) is 5.92 Å². The van der Waals surface area contributed by atoms with Crippen molar-refractivity contribution < 1.29 is 19.4 Å². The molecule has 30 heavy (non-hydrogen) atoms. The number of aliphatic hydroxyl groups excluding tert-OH is 2. The van der Waals surface area contributed by atoms with Crippen LogP contribution in [0.3, 0.4) is 0 Å². The molecule has 0 aliphatic carbocycles. The van der Waals surface area contributed by atoms with Crippen LogP contribution in [-0.2, 0) is 9.16 Å². The lowest BCUT2D eigenvalue weighted by molar-refractivity contribution is -0.179. The monoisotopic (exact) mass is 446 g/mol. The number of hydrogen-bond acceptors (Lipinski definition) is 5. The van der Waals surface area contributed by atoms with Gasteiger partial charge in [-0.3, -0.25) is 0 Å². The van der Waals surface area contributed by atoms with Crippen LogP contribution >= 0.6 is 11.8 Å². The van der Waals surface area contributed by atoms with Crippen LogP contribution < -0.4 is 10.4 Å². The van der Waals surface area contributed by atoms with E-state index >= 15 is 0 Å². The lowest BCUT2D eigenvalue weighted by Gasteiger charge is -2.46. The molecule has 1 fully saturated rings. The highest BCUT2D eigenvalue weighted by atomic mass is 32.2. The van der Waals surface area contributed by atoms with Gasteiger partial charge in [0.25, 0.3) is 8.32 Å². The Hall–Kier alpha value is -1.15. The van der Waals surface area contributed by atoms with Gasteiger partial charge in [-0.1, -0.05) is 88.4 Å². The van der Waals surface area contributed by atoms with Crippen molar-refractivity contribution in [1.29, 1.82) is 0 Å². The third-order valence-corrected chi connectivity index (χ3v) is 12.1. The Morgan fingerprint density at radius 3 is 1.87 bits per heavy atom. The summed E-state index contributed by atoms with van der Waals surface area (Å²) in [5.74, 6) is -0.140. The molecule has 2 unspecified atom stereocenters. The van der Waals surface area contributed by atoms with Gasteiger partial charge in [0.05, 0.1) is 12.7 Å². The van der Waals surface area contributed by atoms with Crippen molar-refractivity contribution >= 4 is 30.5 Å². The molecule has 1 aliphatic heterocycles. The lowest BCUT2D eigenvalue weighted by atomic mass is 9.94. The third-order valence-electron chi connectivity index (χ3n) is 6.12. The molecule has 5 atom stereocenters. The zero-order valence-corrected chi connectivity index (χ0v) is 20.3. The summed E-state index contributed by atoms with van der Waals surface area (Å²) in [6.07, 6.45) is -0.410. The average Bonchev–Trinajstić information content (AvgIpc) is 2.74. The first-order valence-corrected chi connectivity index (χ1v) is 13.7. The summed E-state index contributed by atoms with van der Waals surface area (Å²) in [6.45, 7) is 8.81. The van der Waals surface area contributed by atoms with Crippen molar-refractivity contribution in [2.45, 2.75) is 56.5 Å².